The average molecular weight is 637 g/mol. The van der Waals surface area contributed by atoms with Gasteiger partial charge in [-0.1, -0.05) is 87.8 Å². The standard InChI is InChI=1S/C36H62N4O2.ClH.H2O/c1-41-35-23-13-11-21-33(35)31-39-29-19-9-7-17-27-37-25-15-5-3-4-6-16-26-38-28-18-8-10-20-30-40-32-34-22-12-14-24-36(34)42-2;;/h11-14,21-24,37-40H,3-10,15-20,25-32H2,1-2H3;1H;1H2. The van der Waals surface area contributed by atoms with Gasteiger partial charge in [-0.05, 0) is 89.9 Å². The fourth-order valence-corrected chi connectivity index (χ4v) is 5.31. The molecule has 254 valence electrons. The largest absolute Gasteiger partial charge is 0.496 e. The zero-order valence-electron chi connectivity index (χ0n) is 27.9. The molecule has 0 aliphatic heterocycles. The van der Waals surface area contributed by atoms with Crippen LogP contribution in [0.3, 0.4) is 0 Å². The number of unbranched alkanes of at least 4 members (excludes halogenated alkanes) is 11. The Hall–Kier alpha value is -1.87. The highest BCUT2D eigenvalue weighted by Crippen LogP contribution is 2.17. The van der Waals surface area contributed by atoms with Crippen molar-refractivity contribution in [3.05, 3.63) is 59.7 Å². The fraction of sp³-hybridized carbons (Fsp3) is 0.667. The SMILES string of the molecule is COc1ccccc1CNCCCCCCNCCCCCCCCNCCCCCCNCc1ccccc1OC.Cl.O. The van der Waals surface area contributed by atoms with E-state index >= 15 is 0 Å². The number of methoxy groups -OCH3 is 2. The van der Waals surface area contributed by atoms with E-state index in [1.54, 1.807) is 14.2 Å². The monoisotopic (exact) mass is 636 g/mol. The fourth-order valence-electron chi connectivity index (χ4n) is 5.31. The van der Waals surface area contributed by atoms with Crippen molar-refractivity contribution in [2.45, 2.75) is 103 Å². The lowest BCUT2D eigenvalue weighted by Crippen LogP contribution is -2.17. The van der Waals surface area contributed by atoms with Gasteiger partial charge in [-0.15, -0.1) is 12.4 Å². The van der Waals surface area contributed by atoms with Crippen LogP contribution in [0.5, 0.6) is 11.5 Å². The maximum absolute atomic E-state index is 5.41. The van der Waals surface area contributed by atoms with Crippen LogP contribution in [0.4, 0.5) is 0 Å². The first kappa shape index (κ1) is 42.1. The van der Waals surface area contributed by atoms with Gasteiger partial charge in [0.2, 0.25) is 0 Å². The van der Waals surface area contributed by atoms with Crippen molar-refractivity contribution in [3.63, 3.8) is 0 Å². The van der Waals surface area contributed by atoms with Gasteiger partial charge >= 0.3 is 0 Å². The number of hydrogen-bond donors (Lipinski definition) is 4. The van der Waals surface area contributed by atoms with E-state index in [9.17, 15) is 0 Å². The van der Waals surface area contributed by atoms with Gasteiger partial charge in [0.1, 0.15) is 11.5 Å². The first-order valence-electron chi connectivity index (χ1n) is 16.9. The molecule has 0 bridgehead atoms. The molecule has 0 fully saturated rings. The highest BCUT2D eigenvalue weighted by Gasteiger charge is 2.01. The smallest absolute Gasteiger partial charge is 0.123 e. The molecule has 44 heavy (non-hydrogen) atoms. The van der Waals surface area contributed by atoms with Gasteiger partial charge in [0, 0.05) is 24.2 Å². The minimum atomic E-state index is 0. The second kappa shape index (κ2) is 31.1. The zero-order valence-corrected chi connectivity index (χ0v) is 28.7. The molecule has 0 amide bonds. The summed E-state index contributed by atoms with van der Waals surface area (Å²) in [4.78, 5) is 0. The molecule has 2 aromatic carbocycles. The van der Waals surface area contributed by atoms with E-state index in [0.29, 0.717) is 0 Å². The highest BCUT2D eigenvalue weighted by molar-refractivity contribution is 5.85. The predicted octanol–water partition coefficient (Wildman–Crippen LogP) is 6.82. The van der Waals surface area contributed by atoms with Gasteiger partial charge in [-0.2, -0.15) is 0 Å². The molecule has 0 spiro atoms. The summed E-state index contributed by atoms with van der Waals surface area (Å²) in [7, 11) is 3.48. The van der Waals surface area contributed by atoms with E-state index in [2.05, 4.69) is 45.5 Å². The Bertz CT molecular complexity index is 818. The molecule has 6 N–H and O–H groups in total. The third-order valence-corrected chi connectivity index (χ3v) is 7.89. The van der Waals surface area contributed by atoms with E-state index in [0.717, 1.165) is 37.7 Å². The summed E-state index contributed by atoms with van der Waals surface area (Å²) in [5.41, 5.74) is 2.47. The maximum Gasteiger partial charge on any atom is 0.123 e. The Morgan fingerprint density at radius 1 is 0.409 bits per heavy atom. The molecule has 0 radical (unpaired) electrons. The van der Waals surface area contributed by atoms with Gasteiger partial charge in [-0.25, -0.2) is 0 Å². The molecule has 7 nitrogen and oxygen atoms in total. The van der Waals surface area contributed by atoms with Crippen LogP contribution in [0.25, 0.3) is 0 Å². The Kier molecular flexibility index (Phi) is 29.8. The highest BCUT2D eigenvalue weighted by atomic mass is 35.5. The topological polar surface area (TPSA) is 98.1 Å². The molecular formula is C36H65ClN4O3. The molecule has 0 saturated heterocycles. The normalized spacial score (nSPS) is 10.7. The molecule has 8 heteroatoms. The van der Waals surface area contributed by atoms with Gasteiger partial charge in [0.15, 0.2) is 0 Å². The first-order valence-corrected chi connectivity index (χ1v) is 16.9. The summed E-state index contributed by atoms with van der Waals surface area (Å²) in [6.45, 7) is 8.62. The van der Waals surface area contributed by atoms with Crippen LogP contribution in [0.2, 0.25) is 0 Å². The lowest BCUT2D eigenvalue weighted by molar-refractivity contribution is 0.407. The average Bonchev–Trinajstić information content (AvgIpc) is 3.03. The number of hydrogen-bond acceptors (Lipinski definition) is 6. The van der Waals surface area contributed by atoms with Crippen molar-refractivity contribution < 1.29 is 14.9 Å². The van der Waals surface area contributed by atoms with Crippen molar-refractivity contribution >= 4 is 12.4 Å². The number of halogens is 1. The van der Waals surface area contributed by atoms with Crippen molar-refractivity contribution in [1.82, 2.24) is 21.3 Å². The Morgan fingerprint density at radius 2 is 0.682 bits per heavy atom. The molecule has 0 aliphatic carbocycles. The van der Waals surface area contributed by atoms with Crippen LogP contribution < -0.4 is 30.7 Å². The number of ether oxygens (including phenoxy) is 2. The summed E-state index contributed by atoms with van der Waals surface area (Å²) in [5.74, 6) is 1.95. The first-order chi connectivity index (χ1) is 20.8. The summed E-state index contributed by atoms with van der Waals surface area (Å²) in [6, 6.07) is 16.5. The van der Waals surface area contributed by atoms with Crippen molar-refractivity contribution in [2.24, 2.45) is 0 Å². The molecule has 0 aliphatic rings. The van der Waals surface area contributed by atoms with Gasteiger partial charge in [-0.3, -0.25) is 0 Å². The zero-order chi connectivity index (χ0) is 29.8. The lowest BCUT2D eigenvalue weighted by atomic mass is 10.1. The van der Waals surface area contributed by atoms with Crippen LogP contribution in [0.15, 0.2) is 48.5 Å². The van der Waals surface area contributed by atoms with Crippen LogP contribution in [0.1, 0.15) is 101 Å². The second-order valence-electron chi connectivity index (χ2n) is 11.4. The Labute approximate surface area is 275 Å². The van der Waals surface area contributed by atoms with Crippen LogP contribution in [0, 0.1) is 0 Å². The maximum atomic E-state index is 5.41. The molecule has 0 aromatic heterocycles. The molecular weight excluding hydrogens is 572 g/mol. The molecule has 2 rings (SSSR count). The van der Waals surface area contributed by atoms with Gasteiger partial charge in [0.05, 0.1) is 14.2 Å². The van der Waals surface area contributed by atoms with Crippen molar-refractivity contribution in [2.75, 3.05) is 53.5 Å². The molecule has 0 saturated carbocycles. The van der Waals surface area contributed by atoms with Crippen LogP contribution in [-0.4, -0.2) is 59.0 Å². The molecule has 0 atom stereocenters. The molecule has 2 aromatic rings. The number of benzene rings is 2. The van der Waals surface area contributed by atoms with E-state index < -0.39 is 0 Å². The minimum Gasteiger partial charge on any atom is -0.496 e. The Morgan fingerprint density at radius 3 is 1.00 bits per heavy atom. The third kappa shape index (κ3) is 21.8. The summed E-state index contributed by atoms with van der Waals surface area (Å²) >= 11 is 0. The summed E-state index contributed by atoms with van der Waals surface area (Å²) in [5, 5.41) is 14.4. The molecule has 0 heterocycles. The summed E-state index contributed by atoms with van der Waals surface area (Å²) in [6.07, 6.45) is 18.5. The molecule has 0 unspecified atom stereocenters. The lowest BCUT2D eigenvalue weighted by Gasteiger charge is -2.09. The quantitative estimate of drug-likeness (QED) is 0.0732. The van der Waals surface area contributed by atoms with Gasteiger partial charge < -0.3 is 36.2 Å². The van der Waals surface area contributed by atoms with E-state index in [1.165, 1.54) is 127 Å². The van der Waals surface area contributed by atoms with E-state index in [4.69, 9.17) is 9.47 Å². The second-order valence-corrected chi connectivity index (χ2v) is 11.4. The minimum absolute atomic E-state index is 0. The van der Waals surface area contributed by atoms with Gasteiger partial charge in [0.25, 0.3) is 0 Å². The number of para-hydroxylation sites is 2. The van der Waals surface area contributed by atoms with Crippen molar-refractivity contribution in [1.29, 1.82) is 0 Å². The third-order valence-electron chi connectivity index (χ3n) is 7.89. The number of nitrogens with one attached hydrogen (secondary N) is 4. The van der Waals surface area contributed by atoms with Crippen molar-refractivity contribution in [3.8, 4) is 11.5 Å². The van der Waals surface area contributed by atoms with E-state index in [1.807, 2.05) is 24.3 Å². The summed E-state index contributed by atoms with van der Waals surface area (Å²) < 4.78 is 10.8. The predicted molar refractivity (Wildman–Crippen MR) is 191 cm³/mol. The van der Waals surface area contributed by atoms with Crippen LogP contribution in [-0.2, 0) is 13.1 Å². The number of rotatable bonds is 29. The van der Waals surface area contributed by atoms with E-state index in [-0.39, 0.29) is 17.9 Å². The Balaban J connectivity index is 0.00000924. The van der Waals surface area contributed by atoms with Crippen LogP contribution >= 0.6 is 12.4 Å².